The maximum Gasteiger partial charge on any atom is 0.191 e. The molecule has 28 heavy (non-hydrogen) atoms. The van der Waals surface area contributed by atoms with Crippen LogP contribution in [0.2, 0.25) is 0 Å². The van der Waals surface area contributed by atoms with Crippen LogP contribution in [0, 0.1) is 11.2 Å². The normalized spacial score (nSPS) is 20.6. The zero-order valence-corrected chi connectivity index (χ0v) is 19.4. The molecule has 2 N–H and O–H groups in total. The molecule has 3 rings (SSSR count). The zero-order chi connectivity index (χ0) is 19.1. The average Bonchev–Trinajstić information content (AvgIpc) is 2.67. The molecular weight excluding hydrogens is 470 g/mol. The molecule has 1 aliphatic heterocycles. The molecule has 0 bridgehead atoms. The summed E-state index contributed by atoms with van der Waals surface area (Å²) in [6.07, 6.45) is 5.14. The van der Waals surface area contributed by atoms with E-state index in [1.165, 1.54) is 31.7 Å². The van der Waals surface area contributed by atoms with Crippen molar-refractivity contribution in [1.29, 1.82) is 0 Å². The van der Waals surface area contributed by atoms with Gasteiger partial charge in [-0.15, -0.1) is 24.0 Å². The van der Waals surface area contributed by atoms with E-state index in [9.17, 15) is 4.39 Å². The van der Waals surface area contributed by atoms with Gasteiger partial charge in [0.1, 0.15) is 5.82 Å². The molecule has 1 aliphatic carbocycles. The van der Waals surface area contributed by atoms with Crippen LogP contribution in [0.15, 0.2) is 29.3 Å². The number of benzene rings is 1. The Hall–Kier alpha value is -0.930. The smallest absolute Gasteiger partial charge is 0.191 e. The van der Waals surface area contributed by atoms with Gasteiger partial charge < -0.3 is 15.4 Å². The van der Waals surface area contributed by atoms with Crippen molar-refractivity contribution in [2.45, 2.75) is 38.6 Å². The van der Waals surface area contributed by atoms with E-state index < -0.39 is 0 Å². The quantitative estimate of drug-likeness (QED) is 0.339. The molecule has 158 valence electrons. The van der Waals surface area contributed by atoms with E-state index in [1.54, 1.807) is 19.2 Å². The Bertz CT molecular complexity index is 627. The molecule has 0 spiro atoms. The minimum absolute atomic E-state index is 0. The summed E-state index contributed by atoms with van der Waals surface area (Å²) in [5.74, 6) is 0.632. The average molecular weight is 504 g/mol. The lowest BCUT2D eigenvalue weighted by Crippen LogP contribution is -2.49. The molecule has 1 saturated carbocycles. The Morgan fingerprint density at radius 1 is 1.29 bits per heavy atom. The number of hydrogen-bond donors (Lipinski definition) is 2. The van der Waals surface area contributed by atoms with E-state index in [0.29, 0.717) is 12.0 Å². The van der Waals surface area contributed by atoms with Crippen molar-refractivity contribution in [2.24, 2.45) is 10.4 Å². The lowest BCUT2D eigenvalue weighted by atomic mass is 9.67. The molecule has 1 saturated heterocycles. The SMILES string of the molecule is CCC1(CNC(=NC)NCC(c2cccc(F)c2)N2CCOCC2)CCC1.I. The van der Waals surface area contributed by atoms with Crippen molar-refractivity contribution in [3.05, 3.63) is 35.6 Å². The number of rotatable bonds is 7. The van der Waals surface area contributed by atoms with Crippen LogP contribution in [0.1, 0.15) is 44.2 Å². The lowest BCUT2D eigenvalue weighted by molar-refractivity contribution is 0.0169. The third kappa shape index (κ3) is 6.03. The number of ether oxygens (including phenoxy) is 1. The van der Waals surface area contributed by atoms with Crippen molar-refractivity contribution in [3.63, 3.8) is 0 Å². The number of hydrogen-bond acceptors (Lipinski definition) is 3. The molecular formula is C21H34FIN4O. The van der Waals surface area contributed by atoms with E-state index in [-0.39, 0.29) is 35.8 Å². The highest BCUT2D eigenvalue weighted by molar-refractivity contribution is 14.0. The topological polar surface area (TPSA) is 48.9 Å². The molecule has 0 amide bonds. The van der Waals surface area contributed by atoms with Crippen LogP contribution in [0.3, 0.4) is 0 Å². The van der Waals surface area contributed by atoms with Gasteiger partial charge in [0.15, 0.2) is 5.96 Å². The van der Waals surface area contributed by atoms with Gasteiger partial charge in [-0.2, -0.15) is 0 Å². The lowest BCUT2D eigenvalue weighted by Gasteiger charge is -2.41. The number of morpholine rings is 1. The largest absolute Gasteiger partial charge is 0.379 e. The van der Waals surface area contributed by atoms with Crippen molar-refractivity contribution >= 4 is 29.9 Å². The van der Waals surface area contributed by atoms with Crippen LogP contribution >= 0.6 is 24.0 Å². The van der Waals surface area contributed by atoms with Crippen LogP contribution in [-0.2, 0) is 4.74 Å². The fourth-order valence-electron chi connectivity index (χ4n) is 4.08. The predicted octanol–water partition coefficient (Wildman–Crippen LogP) is 3.56. The van der Waals surface area contributed by atoms with Crippen LogP contribution in [0.4, 0.5) is 4.39 Å². The maximum atomic E-state index is 13.8. The monoisotopic (exact) mass is 504 g/mol. The molecule has 1 atom stereocenters. The second kappa shape index (κ2) is 11.3. The van der Waals surface area contributed by atoms with Crippen molar-refractivity contribution in [3.8, 4) is 0 Å². The second-order valence-corrected chi connectivity index (χ2v) is 7.73. The first kappa shape index (κ1) is 23.3. The molecule has 1 aromatic carbocycles. The molecule has 1 aromatic rings. The summed E-state index contributed by atoms with van der Waals surface area (Å²) in [4.78, 5) is 6.75. The molecule has 0 aromatic heterocycles. The van der Waals surface area contributed by atoms with E-state index in [0.717, 1.165) is 44.4 Å². The molecule has 5 nitrogen and oxygen atoms in total. The first-order valence-corrected chi connectivity index (χ1v) is 10.2. The van der Waals surface area contributed by atoms with Crippen LogP contribution < -0.4 is 10.6 Å². The Balaban J connectivity index is 0.00000280. The fraction of sp³-hybridized carbons (Fsp3) is 0.667. The summed E-state index contributed by atoms with van der Waals surface area (Å²) in [5, 5.41) is 6.97. The molecule has 2 aliphatic rings. The molecule has 2 fully saturated rings. The summed E-state index contributed by atoms with van der Waals surface area (Å²) < 4.78 is 19.3. The van der Waals surface area contributed by atoms with Gasteiger partial charge in [-0.05, 0) is 42.4 Å². The summed E-state index contributed by atoms with van der Waals surface area (Å²) in [6, 6.07) is 7.01. The van der Waals surface area contributed by atoms with Gasteiger partial charge in [0.05, 0.1) is 19.3 Å². The highest BCUT2D eigenvalue weighted by Crippen LogP contribution is 2.43. The van der Waals surface area contributed by atoms with E-state index in [1.807, 2.05) is 6.07 Å². The van der Waals surface area contributed by atoms with Crippen molar-refractivity contribution < 1.29 is 9.13 Å². The van der Waals surface area contributed by atoms with Gasteiger partial charge in [-0.25, -0.2) is 4.39 Å². The number of guanidine groups is 1. The Morgan fingerprint density at radius 2 is 2.04 bits per heavy atom. The van der Waals surface area contributed by atoms with Gasteiger partial charge in [0.2, 0.25) is 0 Å². The number of halogens is 2. The molecule has 1 unspecified atom stereocenters. The Kier molecular flexibility index (Phi) is 9.43. The van der Waals surface area contributed by atoms with E-state index >= 15 is 0 Å². The summed E-state index contributed by atoms with van der Waals surface area (Å²) in [5.41, 5.74) is 1.42. The van der Waals surface area contributed by atoms with Crippen LogP contribution in [0.25, 0.3) is 0 Å². The summed E-state index contributed by atoms with van der Waals surface area (Å²) in [6.45, 7) is 7.07. The summed E-state index contributed by atoms with van der Waals surface area (Å²) in [7, 11) is 1.81. The first-order chi connectivity index (χ1) is 13.2. The third-order valence-electron chi connectivity index (χ3n) is 6.20. The number of nitrogens with zero attached hydrogens (tertiary/aromatic N) is 2. The number of nitrogens with one attached hydrogen (secondary N) is 2. The Labute approximate surface area is 185 Å². The second-order valence-electron chi connectivity index (χ2n) is 7.73. The minimum atomic E-state index is -0.192. The van der Waals surface area contributed by atoms with Crippen LogP contribution in [-0.4, -0.2) is 57.3 Å². The third-order valence-corrected chi connectivity index (χ3v) is 6.20. The van der Waals surface area contributed by atoms with Gasteiger partial charge in [0, 0.05) is 33.2 Å². The van der Waals surface area contributed by atoms with Crippen molar-refractivity contribution in [1.82, 2.24) is 15.5 Å². The van der Waals surface area contributed by atoms with Crippen LogP contribution in [0.5, 0.6) is 0 Å². The Morgan fingerprint density at radius 3 is 2.61 bits per heavy atom. The first-order valence-electron chi connectivity index (χ1n) is 10.2. The zero-order valence-electron chi connectivity index (χ0n) is 17.0. The molecule has 0 radical (unpaired) electrons. The minimum Gasteiger partial charge on any atom is -0.379 e. The molecule has 7 heteroatoms. The van der Waals surface area contributed by atoms with Gasteiger partial charge >= 0.3 is 0 Å². The standard InChI is InChI=1S/C21H33FN4O.HI/c1-3-21(8-5-9-21)16-25-20(23-2)24-15-19(26-10-12-27-13-11-26)17-6-4-7-18(22)14-17;/h4,6-7,14,19H,3,5,8-13,15-16H2,1-2H3,(H2,23,24,25);1H. The predicted molar refractivity (Wildman–Crippen MR) is 123 cm³/mol. The highest BCUT2D eigenvalue weighted by Gasteiger charge is 2.35. The highest BCUT2D eigenvalue weighted by atomic mass is 127. The number of aliphatic imine (C=N–C) groups is 1. The van der Waals surface area contributed by atoms with E-state index in [4.69, 9.17) is 4.74 Å². The molecule has 1 heterocycles. The fourth-order valence-corrected chi connectivity index (χ4v) is 4.08. The van der Waals surface area contributed by atoms with Crippen molar-refractivity contribution in [2.75, 3.05) is 46.4 Å². The van der Waals surface area contributed by atoms with Gasteiger partial charge in [-0.1, -0.05) is 25.5 Å². The van der Waals surface area contributed by atoms with Gasteiger partial charge in [-0.3, -0.25) is 9.89 Å². The summed E-state index contributed by atoms with van der Waals surface area (Å²) >= 11 is 0. The maximum absolute atomic E-state index is 13.8. The van der Waals surface area contributed by atoms with Gasteiger partial charge in [0.25, 0.3) is 0 Å². The van der Waals surface area contributed by atoms with E-state index in [2.05, 4.69) is 27.4 Å².